The molecule has 2 aromatic heterocycles. The third-order valence-electron chi connectivity index (χ3n) is 6.40. The van der Waals surface area contributed by atoms with Crippen molar-refractivity contribution in [1.29, 1.82) is 0 Å². The molecule has 2 amide bonds. The van der Waals surface area contributed by atoms with Crippen LogP contribution in [0.3, 0.4) is 0 Å². The van der Waals surface area contributed by atoms with E-state index in [4.69, 9.17) is 0 Å². The molecular weight excluding hydrogens is 441 g/mol. The van der Waals surface area contributed by atoms with Crippen molar-refractivity contribution >= 4 is 50.0 Å². The number of carbonyl (C=O) groups is 2. The van der Waals surface area contributed by atoms with E-state index in [9.17, 15) is 22.8 Å². The van der Waals surface area contributed by atoms with Crippen LogP contribution in [0.15, 0.2) is 48.7 Å². The van der Waals surface area contributed by atoms with Gasteiger partial charge in [0.15, 0.2) is 5.13 Å². The third kappa shape index (κ3) is 2.85. The van der Waals surface area contributed by atoms with Crippen LogP contribution in [-0.4, -0.2) is 21.8 Å². The number of nitrogens with zero attached hydrogens (tertiary/aromatic N) is 3. The van der Waals surface area contributed by atoms with Gasteiger partial charge in [0.25, 0.3) is 0 Å². The normalized spacial score (nSPS) is 26.4. The van der Waals surface area contributed by atoms with E-state index in [0.717, 1.165) is 23.4 Å². The lowest BCUT2D eigenvalue weighted by Crippen LogP contribution is -2.32. The van der Waals surface area contributed by atoms with Gasteiger partial charge in [-0.05, 0) is 48.6 Å². The molecule has 32 heavy (non-hydrogen) atoms. The maximum Gasteiger partial charge on any atom is 0.417 e. The highest BCUT2D eigenvalue weighted by Crippen LogP contribution is 2.53. The van der Waals surface area contributed by atoms with E-state index < -0.39 is 11.7 Å². The van der Waals surface area contributed by atoms with Gasteiger partial charge in [0.2, 0.25) is 11.8 Å². The number of rotatable bonds is 3. The zero-order chi connectivity index (χ0) is 22.2. The fourth-order valence-corrected chi connectivity index (χ4v) is 5.98. The van der Waals surface area contributed by atoms with Gasteiger partial charge in [0, 0.05) is 11.9 Å². The van der Waals surface area contributed by atoms with E-state index in [-0.39, 0.29) is 41.3 Å². The molecule has 0 spiro atoms. The quantitative estimate of drug-likeness (QED) is 0.454. The Morgan fingerprint density at radius 3 is 2.38 bits per heavy atom. The van der Waals surface area contributed by atoms with Gasteiger partial charge in [-0.2, -0.15) is 13.2 Å². The summed E-state index contributed by atoms with van der Waals surface area (Å²) in [4.78, 5) is 35.6. The molecule has 0 radical (unpaired) electrons. The van der Waals surface area contributed by atoms with Crippen LogP contribution in [0.2, 0.25) is 0 Å². The van der Waals surface area contributed by atoms with Crippen LogP contribution >= 0.6 is 11.3 Å². The SMILES string of the molecule is O=C1C2C3C=CC(C3)C2C(=O)N1c1nc2ccc(Nc3ccc(C(F)(F)F)cn3)cc2s1. The van der Waals surface area contributed by atoms with Crippen molar-refractivity contribution in [2.75, 3.05) is 10.2 Å². The molecular formula is C22H15F3N4O2S. The molecule has 2 fully saturated rings. The van der Waals surface area contributed by atoms with Crippen LogP contribution < -0.4 is 10.2 Å². The lowest BCUT2D eigenvalue weighted by molar-refractivity contribution is -0.137. The first-order valence-corrected chi connectivity index (χ1v) is 10.9. The molecule has 1 aliphatic heterocycles. The Hall–Kier alpha value is -3.27. The molecule has 3 aromatic rings. The molecule has 6 nitrogen and oxygen atoms in total. The van der Waals surface area contributed by atoms with Crippen LogP contribution in [0.4, 0.5) is 29.8 Å². The lowest BCUT2D eigenvalue weighted by atomic mass is 9.85. The number of carbonyl (C=O) groups excluding carboxylic acids is 2. The van der Waals surface area contributed by atoms with Crippen molar-refractivity contribution in [3.8, 4) is 0 Å². The Kier molecular flexibility index (Phi) is 4.01. The smallest absolute Gasteiger partial charge is 0.340 e. The average Bonchev–Trinajstić information content (AvgIpc) is 3.50. The van der Waals surface area contributed by atoms with Crippen molar-refractivity contribution in [3.63, 3.8) is 0 Å². The summed E-state index contributed by atoms with van der Waals surface area (Å²) in [7, 11) is 0. The number of anilines is 3. The molecule has 1 aromatic carbocycles. The number of benzene rings is 1. The number of aromatic nitrogens is 2. The van der Waals surface area contributed by atoms with Crippen LogP contribution in [0.25, 0.3) is 10.2 Å². The van der Waals surface area contributed by atoms with Crippen molar-refractivity contribution in [1.82, 2.24) is 9.97 Å². The average molecular weight is 456 g/mol. The van der Waals surface area contributed by atoms with E-state index in [1.807, 2.05) is 12.2 Å². The van der Waals surface area contributed by atoms with E-state index in [1.165, 1.54) is 22.3 Å². The fraction of sp³-hybridized carbons (Fsp3) is 0.273. The number of pyridine rings is 1. The van der Waals surface area contributed by atoms with Crippen LogP contribution in [0, 0.1) is 23.7 Å². The molecule has 162 valence electrons. The van der Waals surface area contributed by atoms with Crippen LogP contribution in [0.1, 0.15) is 12.0 Å². The fourth-order valence-electron chi connectivity index (χ4n) is 4.96. The Morgan fingerprint density at radius 1 is 1.03 bits per heavy atom. The van der Waals surface area contributed by atoms with E-state index in [2.05, 4.69) is 15.3 Å². The minimum Gasteiger partial charge on any atom is -0.340 e. The van der Waals surface area contributed by atoms with Gasteiger partial charge in [0.1, 0.15) is 5.82 Å². The van der Waals surface area contributed by atoms with E-state index >= 15 is 0 Å². The summed E-state index contributed by atoms with van der Waals surface area (Å²) < 4.78 is 38.9. The Bertz CT molecular complexity index is 1270. The molecule has 6 rings (SSSR count). The van der Waals surface area contributed by atoms with Gasteiger partial charge >= 0.3 is 6.18 Å². The van der Waals surface area contributed by atoms with Crippen molar-refractivity contribution in [2.45, 2.75) is 12.6 Å². The summed E-state index contributed by atoms with van der Waals surface area (Å²) in [5.74, 6) is -0.394. The number of amides is 2. The standard InChI is InChI=1S/C22H15F3N4O2S/c23-22(24,25)12-3-6-16(26-9-12)27-13-4-5-14-15(8-13)32-21(28-14)29-19(30)17-10-1-2-11(7-10)18(17)20(29)31/h1-6,8-11,17-18H,7H2,(H,26,27). The van der Waals surface area contributed by atoms with Crippen molar-refractivity contribution in [2.24, 2.45) is 23.7 Å². The summed E-state index contributed by atoms with van der Waals surface area (Å²) in [6.07, 6.45) is 1.29. The number of thiazole rings is 1. The first kappa shape index (κ1) is 19.4. The molecule has 1 N–H and O–H groups in total. The molecule has 4 atom stereocenters. The maximum absolute atomic E-state index is 13.0. The topological polar surface area (TPSA) is 75.2 Å². The molecule has 2 bridgehead atoms. The second-order valence-electron chi connectivity index (χ2n) is 8.25. The van der Waals surface area contributed by atoms with Crippen LogP contribution in [-0.2, 0) is 15.8 Å². The highest BCUT2D eigenvalue weighted by Gasteiger charge is 2.60. The third-order valence-corrected chi connectivity index (χ3v) is 7.41. The molecule has 2 aliphatic carbocycles. The molecule has 4 unspecified atom stereocenters. The van der Waals surface area contributed by atoms with E-state index in [1.54, 1.807) is 18.2 Å². The zero-order valence-electron chi connectivity index (χ0n) is 16.3. The Labute approximate surface area is 183 Å². The minimum atomic E-state index is -4.44. The number of fused-ring (bicyclic) bond motifs is 6. The summed E-state index contributed by atoms with van der Waals surface area (Å²) in [6.45, 7) is 0. The summed E-state index contributed by atoms with van der Waals surface area (Å²) in [5.41, 5.74) is 0.423. The van der Waals surface area contributed by atoms with Gasteiger partial charge in [-0.15, -0.1) is 0 Å². The highest BCUT2D eigenvalue weighted by atomic mass is 32.1. The van der Waals surface area contributed by atoms with Gasteiger partial charge in [0.05, 0.1) is 27.6 Å². The minimum absolute atomic E-state index is 0.132. The van der Waals surface area contributed by atoms with Crippen LogP contribution in [0.5, 0.6) is 0 Å². The first-order chi connectivity index (χ1) is 15.3. The second kappa shape index (κ2) is 6.61. The number of nitrogens with one attached hydrogen (secondary N) is 1. The monoisotopic (exact) mass is 456 g/mol. The summed E-state index contributed by atoms with van der Waals surface area (Å²) in [6, 6.07) is 7.44. The van der Waals surface area contributed by atoms with Gasteiger partial charge in [-0.3, -0.25) is 9.59 Å². The Balaban J connectivity index is 1.26. The predicted molar refractivity (Wildman–Crippen MR) is 112 cm³/mol. The maximum atomic E-state index is 13.0. The van der Waals surface area contributed by atoms with Crippen molar-refractivity contribution in [3.05, 3.63) is 54.2 Å². The molecule has 10 heteroatoms. The number of hydrogen-bond donors (Lipinski definition) is 1. The molecule has 1 saturated heterocycles. The number of allylic oxidation sites excluding steroid dienone is 2. The Morgan fingerprint density at radius 2 is 1.75 bits per heavy atom. The summed E-state index contributed by atoms with van der Waals surface area (Å²) in [5, 5.41) is 3.32. The predicted octanol–water partition coefficient (Wildman–Crippen LogP) is 4.77. The van der Waals surface area contributed by atoms with E-state index in [0.29, 0.717) is 16.3 Å². The van der Waals surface area contributed by atoms with Gasteiger partial charge in [-0.1, -0.05) is 23.5 Å². The highest BCUT2D eigenvalue weighted by molar-refractivity contribution is 7.22. The number of halogens is 3. The largest absolute Gasteiger partial charge is 0.417 e. The number of hydrogen-bond acceptors (Lipinski definition) is 6. The molecule has 3 heterocycles. The van der Waals surface area contributed by atoms with Gasteiger partial charge in [-0.25, -0.2) is 14.9 Å². The van der Waals surface area contributed by atoms with Crippen molar-refractivity contribution < 1.29 is 22.8 Å². The molecule has 1 saturated carbocycles. The summed E-state index contributed by atoms with van der Waals surface area (Å²) >= 11 is 1.24. The second-order valence-corrected chi connectivity index (χ2v) is 9.25. The number of alkyl halides is 3. The first-order valence-electron chi connectivity index (χ1n) is 10.1. The zero-order valence-corrected chi connectivity index (χ0v) is 17.2. The number of imide groups is 1. The lowest BCUT2D eigenvalue weighted by Gasteiger charge is -2.14. The molecule has 3 aliphatic rings. The van der Waals surface area contributed by atoms with Gasteiger partial charge < -0.3 is 5.32 Å².